The minimum atomic E-state index is -2.80. The van der Waals surface area contributed by atoms with Crippen molar-refractivity contribution in [3.63, 3.8) is 0 Å². The summed E-state index contributed by atoms with van der Waals surface area (Å²) in [5, 5.41) is 0. The zero-order valence-electron chi connectivity index (χ0n) is 25.5. The van der Waals surface area contributed by atoms with Crippen LogP contribution in [0.25, 0.3) is 12.2 Å². The molecule has 0 aliphatic heterocycles. The van der Waals surface area contributed by atoms with Gasteiger partial charge in [-0.3, -0.25) is 0 Å². The van der Waals surface area contributed by atoms with Crippen LogP contribution in [0.15, 0.2) is 120 Å². The van der Waals surface area contributed by atoms with Gasteiger partial charge < -0.3 is 24.8 Å². The number of halogens is 2. The number of fused-ring (bicyclic) bond motifs is 2. The molecule has 0 fully saturated rings. The summed E-state index contributed by atoms with van der Waals surface area (Å²) >= 11 is -2.80. The van der Waals surface area contributed by atoms with Crippen LogP contribution in [0.1, 0.15) is 82.2 Å². The van der Waals surface area contributed by atoms with Crippen molar-refractivity contribution in [2.45, 2.75) is 48.8 Å². The Balaban J connectivity index is 0.00000202. The summed E-state index contributed by atoms with van der Waals surface area (Å²) in [6, 6.07) is 41.2. The van der Waals surface area contributed by atoms with Crippen molar-refractivity contribution in [2.75, 3.05) is 0 Å². The molecule has 0 amide bonds. The molecule has 0 bridgehead atoms. The fraction of sp³-hybridized carbons (Fsp3) is 0.256. The topological polar surface area (TPSA) is 0 Å². The van der Waals surface area contributed by atoms with Gasteiger partial charge in [0.25, 0.3) is 0 Å². The fourth-order valence-corrected chi connectivity index (χ4v) is 18.6. The van der Waals surface area contributed by atoms with Gasteiger partial charge in [-0.25, -0.2) is 0 Å². The molecule has 2 atom stereocenters. The number of hydrogen-bond acceptors (Lipinski definition) is 0. The molecule has 4 aromatic carbocycles. The molecule has 0 saturated heterocycles. The number of rotatable bonds is 4. The van der Waals surface area contributed by atoms with Crippen molar-refractivity contribution in [2.24, 2.45) is 10.8 Å². The van der Waals surface area contributed by atoms with Crippen LogP contribution < -0.4 is 24.8 Å². The molecule has 3 heteroatoms. The van der Waals surface area contributed by atoms with Gasteiger partial charge in [0.15, 0.2) is 0 Å². The fourth-order valence-electron chi connectivity index (χ4n) is 6.78. The Hall–Kier alpha value is -2.31. The van der Waals surface area contributed by atoms with Crippen LogP contribution in [0.5, 0.6) is 0 Å². The molecule has 0 aromatic heterocycles. The average molecular weight is 671 g/mol. The summed E-state index contributed by atoms with van der Waals surface area (Å²) in [4.78, 5) is 0. The van der Waals surface area contributed by atoms with Gasteiger partial charge in [-0.1, -0.05) is 0 Å². The summed E-state index contributed by atoms with van der Waals surface area (Å²) in [6.07, 6.45) is 5.10. The van der Waals surface area contributed by atoms with E-state index in [1.807, 2.05) is 0 Å². The van der Waals surface area contributed by atoms with Gasteiger partial charge >= 0.3 is 250 Å². The first-order valence-corrected chi connectivity index (χ1v) is 18.7. The molecule has 0 nitrogen and oxygen atoms in total. The minimum Gasteiger partial charge on any atom is -1.00 e. The third-order valence-corrected chi connectivity index (χ3v) is 17.6. The maximum Gasteiger partial charge on any atom is -1.00 e. The van der Waals surface area contributed by atoms with Crippen LogP contribution in [0.3, 0.4) is 0 Å². The van der Waals surface area contributed by atoms with E-state index in [2.05, 4.69) is 163 Å². The molecular formula is C39H40Cl2Zr. The van der Waals surface area contributed by atoms with E-state index in [0.717, 1.165) is 0 Å². The third kappa shape index (κ3) is 6.04. The standard InChI is InChI=1S/2C13H15.C13H10.2ClH.Zr/c2*1-13(2,3)12-8-10-6-4-5-7-11(10)9-12;1-3-7-12(8-4-1)11-13-9-5-2-6-10-13;;;/h2*4-9H,1-3H3;1-10H;2*1H;/q;;;;;+2/p-2. The molecule has 42 heavy (non-hydrogen) atoms. The first-order chi connectivity index (χ1) is 19.1. The van der Waals surface area contributed by atoms with Crippen LogP contribution in [0, 0.1) is 10.8 Å². The van der Waals surface area contributed by atoms with Gasteiger partial charge in [0.05, 0.1) is 0 Å². The average Bonchev–Trinajstić information content (AvgIpc) is 3.52. The number of benzene rings is 4. The summed E-state index contributed by atoms with van der Waals surface area (Å²) < 4.78 is 2.55. The van der Waals surface area contributed by atoms with Crippen molar-refractivity contribution in [3.05, 3.63) is 154 Å². The SMILES string of the molecule is CC(C)(C)C1=Cc2ccccc2[CH]1[Zr+2](=[C](c1ccccc1)c1ccccc1)[CH]1C(C(C)(C)C)=Cc2ccccc21.[Cl-].[Cl-]. The second-order valence-corrected chi connectivity index (χ2v) is 19.7. The minimum absolute atomic E-state index is 0. The van der Waals surface area contributed by atoms with Crippen LogP contribution in [0.2, 0.25) is 0 Å². The predicted octanol–water partition coefficient (Wildman–Crippen LogP) is 4.25. The maximum absolute atomic E-state index is 2.80. The summed E-state index contributed by atoms with van der Waals surface area (Å²) in [5.41, 5.74) is 12.1. The van der Waals surface area contributed by atoms with E-state index in [1.165, 1.54) is 22.3 Å². The van der Waals surface area contributed by atoms with E-state index in [4.69, 9.17) is 0 Å². The molecule has 2 aliphatic carbocycles. The Morgan fingerprint density at radius 3 is 1.17 bits per heavy atom. The van der Waals surface area contributed by atoms with Gasteiger partial charge in [-0.05, 0) is 0 Å². The van der Waals surface area contributed by atoms with Gasteiger partial charge in [0, 0.05) is 0 Å². The van der Waals surface area contributed by atoms with Gasteiger partial charge in [-0.15, -0.1) is 0 Å². The van der Waals surface area contributed by atoms with Crippen molar-refractivity contribution in [3.8, 4) is 0 Å². The van der Waals surface area contributed by atoms with Crippen molar-refractivity contribution < 1.29 is 46.1 Å². The van der Waals surface area contributed by atoms with E-state index in [-0.39, 0.29) is 35.6 Å². The molecule has 0 heterocycles. The molecule has 2 aliphatic rings. The van der Waals surface area contributed by atoms with Crippen LogP contribution in [-0.2, 0) is 21.3 Å². The van der Waals surface area contributed by atoms with E-state index in [9.17, 15) is 0 Å². The number of allylic oxidation sites excluding steroid dienone is 2. The van der Waals surface area contributed by atoms with E-state index < -0.39 is 21.3 Å². The first-order valence-electron chi connectivity index (χ1n) is 14.6. The van der Waals surface area contributed by atoms with E-state index in [1.54, 1.807) is 25.5 Å². The van der Waals surface area contributed by atoms with E-state index >= 15 is 0 Å². The van der Waals surface area contributed by atoms with Crippen LogP contribution in [-0.4, -0.2) is 3.21 Å². The molecule has 4 aromatic rings. The van der Waals surface area contributed by atoms with Gasteiger partial charge in [0.1, 0.15) is 0 Å². The summed E-state index contributed by atoms with van der Waals surface area (Å²) in [5.74, 6) is 0. The first kappa shape index (κ1) is 32.6. The predicted molar refractivity (Wildman–Crippen MR) is 169 cm³/mol. The molecule has 214 valence electrons. The zero-order chi connectivity index (χ0) is 28.1. The quantitative estimate of drug-likeness (QED) is 0.305. The van der Waals surface area contributed by atoms with Crippen molar-refractivity contribution in [1.29, 1.82) is 0 Å². The smallest absolute Gasteiger partial charge is 1.00 e. The molecular weight excluding hydrogens is 631 g/mol. The van der Waals surface area contributed by atoms with E-state index in [0.29, 0.717) is 7.25 Å². The summed E-state index contributed by atoms with van der Waals surface area (Å²) in [7, 11) is 0. The monoisotopic (exact) mass is 668 g/mol. The molecule has 0 radical (unpaired) electrons. The summed E-state index contributed by atoms with van der Waals surface area (Å²) in [6.45, 7) is 14.5. The Labute approximate surface area is 273 Å². The molecule has 0 spiro atoms. The molecule has 2 unspecified atom stereocenters. The zero-order valence-corrected chi connectivity index (χ0v) is 29.4. The van der Waals surface area contributed by atoms with Crippen molar-refractivity contribution >= 4 is 15.4 Å². The van der Waals surface area contributed by atoms with Gasteiger partial charge in [0.2, 0.25) is 0 Å². The Kier molecular flexibility index (Phi) is 9.89. The van der Waals surface area contributed by atoms with Crippen molar-refractivity contribution in [1.82, 2.24) is 0 Å². The van der Waals surface area contributed by atoms with Crippen LogP contribution in [0.4, 0.5) is 0 Å². The second-order valence-electron chi connectivity index (χ2n) is 13.4. The van der Waals surface area contributed by atoms with Gasteiger partial charge in [-0.2, -0.15) is 0 Å². The molecule has 6 rings (SSSR count). The van der Waals surface area contributed by atoms with Crippen LogP contribution >= 0.6 is 0 Å². The normalized spacial score (nSPS) is 17.0. The molecule has 0 N–H and O–H groups in total. The maximum atomic E-state index is 2.55. The second kappa shape index (κ2) is 12.7. The molecule has 0 saturated carbocycles. The largest absolute Gasteiger partial charge is 1.00 e. The third-order valence-electron chi connectivity index (χ3n) is 8.63. The number of hydrogen-bond donors (Lipinski definition) is 0. The Bertz CT molecular complexity index is 1530. The Morgan fingerprint density at radius 2 is 0.810 bits per heavy atom. The Morgan fingerprint density at radius 1 is 0.476 bits per heavy atom.